The Hall–Kier alpha value is -3.22. The van der Waals surface area contributed by atoms with Crippen molar-refractivity contribution >= 4 is 11.9 Å². The summed E-state index contributed by atoms with van der Waals surface area (Å²) in [5, 5.41) is 9.26. The average molecular weight is 413 g/mol. The SMILES string of the molecule is CCNC(=NCc1ccc(OC)c(OCC)c1)NCCc1cccc(C(=O)NC)c1. The van der Waals surface area contributed by atoms with Crippen LogP contribution in [0.15, 0.2) is 47.5 Å². The molecular formula is C23H32N4O3. The maximum atomic E-state index is 11.8. The number of rotatable bonds is 10. The topological polar surface area (TPSA) is 84.0 Å². The highest BCUT2D eigenvalue weighted by Crippen LogP contribution is 2.28. The molecule has 162 valence electrons. The largest absolute Gasteiger partial charge is 0.493 e. The van der Waals surface area contributed by atoms with Crippen molar-refractivity contribution in [2.75, 3.05) is 33.9 Å². The van der Waals surface area contributed by atoms with Gasteiger partial charge in [-0.1, -0.05) is 18.2 Å². The van der Waals surface area contributed by atoms with Gasteiger partial charge in [-0.05, 0) is 55.7 Å². The molecule has 2 aromatic rings. The molecule has 0 aliphatic heterocycles. The highest BCUT2D eigenvalue weighted by molar-refractivity contribution is 5.94. The van der Waals surface area contributed by atoms with Crippen molar-refractivity contribution in [3.63, 3.8) is 0 Å². The summed E-state index contributed by atoms with van der Waals surface area (Å²) >= 11 is 0. The fourth-order valence-corrected chi connectivity index (χ4v) is 2.94. The van der Waals surface area contributed by atoms with E-state index >= 15 is 0 Å². The first kappa shape index (κ1) is 23.1. The first-order valence-electron chi connectivity index (χ1n) is 10.2. The van der Waals surface area contributed by atoms with E-state index in [0.717, 1.165) is 35.8 Å². The van der Waals surface area contributed by atoms with Crippen molar-refractivity contribution in [1.82, 2.24) is 16.0 Å². The lowest BCUT2D eigenvalue weighted by atomic mass is 10.1. The van der Waals surface area contributed by atoms with Crippen molar-refractivity contribution in [2.45, 2.75) is 26.8 Å². The highest BCUT2D eigenvalue weighted by atomic mass is 16.5. The van der Waals surface area contributed by atoms with E-state index < -0.39 is 0 Å². The molecule has 0 atom stereocenters. The smallest absolute Gasteiger partial charge is 0.251 e. The summed E-state index contributed by atoms with van der Waals surface area (Å²) in [5.74, 6) is 2.11. The third-order valence-electron chi connectivity index (χ3n) is 4.41. The summed E-state index contributed by atoms with van der Waals surface area (Å²) in [6.45, 7) is 6.55. The molecule has 0 aliphatic carbocycles. The summed E-state index contributed by atoms with van der Waals surface area (Å²) in [6.07, 6.45) is 0.784. The minimum absolute atomic E-state index is 0.0781. The maximum absolute atomic E-state index is 11.8. The van der Waals surface area contributed by atoms with Crippen LogP contribution in [0, 0.1) is 0 Å². The molecule has 0 aliphatic rings. The van der Waals surface area contributed by atoms with Crippen LogP contribution in [0.1, 0.15) is 35.3 Å². The predicted molar refractivity (Wildman–Crippen MR) is 121 cm³/mol. The Morgan fingerprint density at radius 1 is 1.03 bits per heavy atom. The van der Waals surface area contributed by atoms with E-state index in [9.17, 15) is 4.79 Å². The number of guanidine groups is 1. The third kappa shape index (κ3) is 6.99. The van der Waals surface area contributed by atoms with E-state index in [1.807, 2.05) is 56.3 Å². The lowest BCUT2D eigenvalue weighted by Gasteiger charge is -2.13. The summed E-state index contributed by atoms with van der Waals surface area (Å²) < 4.78 is 11.0. The van der Waals surface area contributed by atoms with Crippen LogP contribution in [-0.2, 0) is 13.0 Å². The number of methoxy groups -OCH3 is 1. The number of hydrogen-bond donors (Lipinski definition) is 3. The van der Waals surface area contributed by atoms with Crippen LogP contribution in [0.4, 0.5) is 0 Å². The van der Waals surface area contributed by atoms with E-state index in [0.29, 0.717) is 31.0 Å². The van der Waals surface area contributed by atoms with Gasteiger partial charge in [-0.2, -0.15) is 0 Å². The quantitative estimate of drug-likeness (QED) is 0.413. The highest BCUT2D eigenvalue weighted by Gasteiger charge is 2.06. The molecule has 0 fully saturated rings. The van der Waals surface area contributed by atoms with Gasteiger partial charge in [-0.15, -0.1) is 0 Å². The molecule has 0 saturated heterocycles. The van der Waals surface area contributed by atoms with Gasteiger partial charge in [0.2, 0.25) is 0 Å². The summed E-state index contributed by atoms with van der Waals surface area (Å²) in [6, 6.07) is 13.5. The van der Waals surface area contributed by atoms with Crippen LogP contribution in [0.5, 0.6) is 11.5 Å². The Labute approximate surface area is 178 Å². The Bertz CT molecular complexity index is 852. The number of carbonyl (C=O) groups excluding carboxylic acids is 1. The number of ether oxygens (including phenoxy) is 2. The Balaban J connectivity index is 1.98. The van der Waals surface area contributed by atoms with Gasteiger partial charge >= 0.3 is 0 Å². The molecule has 0 heterocycles. The van der Waals surface area contributed by atoms with Crippen LogP contribution >= 0.6 is 0 Å². The molecule has 0 bridgehead atoms. The molecule has 0 unspecified atom stereocenters. The zero-order chi connectivity index (χ0) is 21.8. The fourth-order valence-electron chi connectivity index (χ4n) is 2.94. The van der Waals surface area contributed by atoms with E-state index in [2.05, 4.69) is 20.9 Å². The second-order valence-corrected chi connectivity index (χ2v) is 6.57. The molecule has 0 spiro atoms. The van der Waals surface area contributed by atoms with Crippen LogP contribution in [0.2, 0.25) is 0 Å². The third-order valence-corrected chi connectivity index (χ3v) is 4.41. The van der Waals surface area contributed by atoms with Crippen molar-refractivity contribution in [3.8, 4) is 11.5 Å². The Morgan fingerprint density at radius 3 is 2.57 bits per heavy atom. The predicted octanol–water partition coefficient (Wildman–Crippen LogP) is 2.75. The number of amides is 1. The maximum Gasteiger partial charge on any atom is 0.251 e. The fraction of sp³-hybridized carbons (Fsp3) is 0.391. The summed E-state index contributed by atoms with van der Waals surface area (Å²) in [4.78, 5) is 16.5. The van der Waals surface area contributed by atoms with Crippen molar-refractivity contribution < 1.29 is 14.3 Å². The molecule has 2 rings (SSSR count). The Kier molecular flexibility index (Phi) is 9.51. The van der Waals surface area contributed by atoms with Crippen molar-refractivity contribution in [2.24, 2.45) is 4.99 Å². The second-order valence-electron chi connectivity index (χ2n) is 6.57. The summed E-state index contributed by atoms with van der Waals surface area (Å²) in [5.41, 5.74) is 2.80. The van der Waals surface area contributed by atoms with Gasteiger partial charge < -0.3 is 25.4 Å². The van der Waals surface area contributed by atoms with Crippen LogP contribution < -0.4 is 25.4 Å². The number of carbonyl (C=O) groups is 1. The van der Waals surface area contributed by atoms with E-state index in [1.165, 1.54) is 0 Å². The first-order chi connectivity index (χ1) is 14.6. The standard InChI is InChI=1S/C23H32N4O3/c1-5-25-23(26-13-12-17-8-7-9-19(14-17)22(28)24-3)27-16-18-10-11-20(29-4)21(15-18)30-6-2/h7-11,14-15H,5-6,12-13,16H2,1-4H3,(H,24,28)(H2,25,26,27). The van der Waals surface area contributed by atoms with E-state index in [-0.39, 0.29) is 5.91 Å². The van der Waals surface area contributed by atoms with Crippen molar-refractivity contribution in [3.05, 3.63) is 59.2 Å². The molecule has 2 aromatic carbocycles. The van der Waals surface area contributed by atoms with Crippen LogP contribution in [0.3, 0.4) is 0 Å². The molecule has 7 heteroatoms. The molecule has 3 N–H and O–H groups in total. The molecule has 0 saturated carbocycles. The number of aliphatic imine (C=N–C) groups is 1. The molecule has 30 heavy (non-hydrogen) atoms. The van der Waals surface area contributed by atoms with Crippen molar-refractivity contribution in [1.29, 1.82) is 0 Å². The number of nitrogens with zero attached hydrogens (tertiary/aromatic N) is 1. The summed E-state index contributed by atoms with van der Waals surface area (Å²) in [7, 11) is 3.27. The van der Waals surface area contributed by atoms with Gasteiger partial charge in [0.25, 0.3) is 5.91 Å². The lowest BCUT2D eigenvalue weighted by Crippen LogP contribution is -2.38. The second kappa shape index (κ2) is 12.4. The molecule has 7 nitrogen and oxygen atoms in total. The molecule has 0 radical (unpaired) electrons. The van der Waals surface area contributed by atoms with Crippen LogP contribution in [0.25, 0.3) is 0 Å². The Morgan fingerprint density at radius 2 is 1.87 bits per heavy atom. The zero-order valence-electron chi connectivity index (χ0n) is 18.2. The van der Waals surface area contributed by atoms with E-state index in [4.69, 9.17) is 9.47 Å². The van der Waals surface area contributed by atoms with Gasteiger partial charge in [0.05, 0.1) is 20.3 Å². The molecular weight excluding hydrogens is 380 g/mol. The van der Waals surface area contributed by atoms with Gasteiger partial charge in [-0.25, -0.2) is 4.99 Å². The van der Waals surface area contributed by atoms with Gasteiger partial charge in [-0.3, -0.25) is 4.79 Å². The molecule has 1 amide bonds. The van der Waals surface area contributed by atoms with Gasteiger partial charge in [0, 0.05) is 25.7 Å². The number of hydrogen-bond acceptors (Lipinski definition) is 4. The van der Waals surface area contributed by atoms with E-state index in [1.54, 1.807) is 14.2 Å². The van der Waals surface area contributed by atoms with Crippen LogP contribution in [-0.4, -0.2) is 45.7 Å². The average Bonchev–Trinajstić information content (AvgIpc) is 2.77. The normalized spacial score (nSPS) is 11.0. The van der Waals surface area contributed by atoms with Gasteiger partial charge in [0.15, 0.2) is 17.5 Å². The number of benzene rings is 2. The monoisotopic (exact) mass is 412 g/mol. The minimum atomic E-state index is -0.0781. The zero-order valence-corrected chi connectivity index (χ0v) is 18.2. The first-order valence-corrected chi connectivity index (χ1v) is 10.2. The van der Waals surface area contributed by atoms with Gasteiger partial charge in [0.1, 0.15) is 0 Å². The number of nitrogens with one attached hydrogen (secondary N) is 3. The molecule has 0 aromatic heterocycles. The lowest BCUT2D eigenvalue weighted by molar-refractivity contribution is 0.0963. The minimum Gasteiger partial charge on any atom is -0.493 e.